The number of rotatable bonds is 2. The number of amides is 1. The lowest BCUT2D eigenvalue weighted by atomic mass is 9.68. The van der Waals surface area contributed by atoms with Crippen LogP contribution in [0.1, 0.15) is 68.8 Å². The van der Waals surface area contributed by atoms with Crippen molar-refractivity contribution in [2.45, 2.75) is 70.5 Å². The summed E-state index contributed by atoms with van der Waals surface area (Å²) in [5.74, 6) is 1.55. The molecule has 3 saturated heterocycles. The maximum absolute atomic E-state index is 13.8. The second kappa shape index (κ2) is 7.51. The Balaban J connectivity index is 1.33. The van der Waals surface area contributed by atoms with E-state index in [4.69, 9.17) is 0 Å². The summed E-state index contributed by atoms with van der Waals surface area (Å²) in [6.07, 6.45) is 12.4. The Labute approximate surface area is 185 Å². The standard InChI is InChI=1S/C27H35N3O/c1-18(2)29-13-10-19-8-9-21(16-25(19)29)27(31)30-12-5-6-20-14-22-15-23(26(20)30)17-28-11-4-3-7-24(22)28/h8-10,13-14,16,18,22-24,26H,3-7,11-12,15,17H2,1-2H3/t22?,23?,24-,26-/m1/s1. The van der Waals surface area contributed by atoms with Crippen molar-refractivity contribution in [1.82, 2.24) is 14.4 Å². The van der Waals surface area contributed by atoms with Crippen molar-refractivity contribution < 1.29 is 4.79 Å². The van der Waals surface area contributed by atoms with E-state index in [0.29, 0.717) is 23.9 Å². The van der Waals surface area contributed by atoms with E-state index in [1.54, 1.807) is 5.57 Å². The van der Waals surface area contributed by atoms with Gasteiger partial charge in [0.1, 0.15) is 0 Å². The Morgan fingerprint density at radius 1 is 1.10 bits per heavy atom. The number of carbonyl (C=O) groups is 1. The van der Waals surface area contributed by atoms with Crippen LogP contribution in [0.5, 0.6) is 0 Å². The molecule has 0 N–H and O–H groups in total. The van der Waals surface area contributed by atoms with Crippen molar-refractivity contribution in [1.29, 1.82) is 0 Å². The number of nitrogens with zero attached hydrogens (tertiary/aromatic N) is 3. The van der Waals surface area contributed by atoms with Gasteiger partial charge in [-0.1, -0.05) is 24.1 Å². The van der Waals surface area contributed by atoms with Gasteiger partial charge < -0.3 is 9.47 Å². The molecule has 6 rings (SSSR count). The summed E-state index contributed by atoms with van der Waals surface area (Å²) in [4.78, 5) is 18.8. The van der Waals surface area contributed by atoms with Gasteiger partial charge in [-0.2, -0.15) is 0 Å². The summed E-state index contributed by atoms with van der Waals surface area (Å²) in [7, 11) is 0. The van der Waals surface area contributed by atoms with Crippen LogP contribution in [0.15, 0.2) is 42.1 Å². The van der Waals surface area contributed by atoms with Crippen LogP contribution in [0.25, 0.3) is 10.9 Å². The average Bonchev–Trinajstić information content (AvgIpc) is 3.22. The van der Waals surface area contributed by atoms with Crippen molar-refractivity contribution in [3.05, 3.63) is 47.7 Å². The van der Waals surface area contributed by atoms with Crippen molar-refractivity contribution in [2.75, 3.05) is 19.6 Å². The first-order valence-electron chi connectivity index (χ1n) is 12.5. The second-order valence-electron chi connectivity index (χ2n) is 10.6. The number of hydrogen-bond donors (Lipinski definition) is 0. The Hall–Kier alpha value is -2.07. The lowest BCUT2D eigenvalue weighted by molar-refractivity contribution is 0.00148. The largest absolute Gasteiger partial charge is 0.345 e. The molecule has 1 aromatic heterocycles. The number of benzene rings is 1. The minimum atomic E-state index is 0.230. The van der Waals surface area contributed by atoms with E-state index in [-0.39, 0.29) is 5.91 Å². The summed E-state index contributed by atoms with van der Waals surface area (Å²) < 4.78 is 2.27. The van der Waals surface area contributed by atoms with E-state index >= 15 is 0 Å². The molecular weight excluding hydrogens is 382 g/mol. The molecule has 2 bridgehead atoms. The fraction of sp³-hybridized carbons (Fsp3) is 0.593. The molecule has 4 atom stereocenters. The van der Waals surface area contributed by atoms with Gasteiger partial charge in [0.2, 0.25) is 0 Å². The molecule has 31 heavy (non-hydrogen) atoms. The van der Waals surface area contributed by atoms with Crippen LogP contribution in [0.2, 0.25) is 0 Å². The lowest BCUT2D eigenvalue weighted by Crippen LogP contribution is -2.60. The molecular formula is C27H35N3O. The van der Waals surface area contributed by atoms with Crippen molar-refractivity contribution in [2.24, 2.45) is 11.8 Å². The van der Waals surface area contributed by atoms with E-state index in [0.717, 1.165) is 24.6 Å². The predicted octanol–water partition coefficient (Wildman–Crippen LogP) is 5.26. The molecule has 0 saturated carbocycles. The molecule has 3 aliphatic heterocycles. The summed E-state index contributed by atoms with van der Waals surface area (Å²) in [5.41, 5.74) is 3.59. The first-order chi connectivity index (χ1) is 15.1. The minimum absolute atomic E-state index is 0.230. The lowest BCUT2D eigenvalue weighted by Gasteiger charge is -2.54. The number of fused-ring (bicyclic) bond motifs is 7. The molecule has 3 fully saturated rings. The highest BCUT2D eigenvalue weighted by molar-refractivity contribution is 5.98. The third kappa shape index (κ3) is 3.17. The van der Waals surface area contributed by atoms with Gasteiger partial charge in [0.25, 0.3) is 5.91 Å². The SMILES string of the molecule is CC(C)n1ccc2ccc(C(=O)N3CCCC4=CC5CC(CN6CCCC[C@H]56)[C@@H]43)cc21. The highest BCUT2D eigenvalue weighted by Crippen LogP contribution is 2.45. The first kappa shape index (κ1) is 19.6. The summed E-state index contributed by atoms with van der Waals surface area (Å²) in [6, 6.07) is 9.91. The number of carbonyl (C=O) groups excluding carboxylic acids is 1. The average molecular weight is 418 g/mol. The zero-order valence-electron chi connectivity index (χ0n) is 19.0. The Kier molecular flexibility index (Phi) is 4.75. The predicted molar refractivity (Wildman–Crippen MR) is 125 cm³/mol. The zero-order valence-corrected chi connectivity index (χ0v) is 19.0. The van der Waals surface area contributed by atoms with Crippen LogP contribution < -0.4 is 0 Å². The zero-order chi connectivity index (χ0) is 21.1. The van der Waals surface area contributed by atoms with Crippen molar-refractivity contribution in [3.63, 3.8) is 0 Å². The minimum Gasteiger partial charge on any atom is -0.345 e. The molecule has 4 aliphatic rings. The highest BCUT2D eigenvalue weighted by atomic mass is 16.2. The number of aromatic nitrogens is 1. The molecule has 2 aromatic rings. The van der Waals surface area contributed by atoms with E-state index in [1.165, 1.54) is 56.1 Å². The molecule has 0 spiro atoms. The van der Waals surface area contributed by atoms with Crippen LogP contribution >= 0.6 is 0 Å². The Morgan fingerprint density at radius 2 is 2.00 bits per heavy atom. The van der Waals surface area contributed by atoms with Gasteiger partial charge >= 0.3 is 0 Å². The monoisotopic (exact) mass is 417 g/mol. The van der Waals surface area contributed by atoms with E-state index < -0.39 is 0 Å². The fourth-order valence-corrected chi connectivity index (χ4v) is 7.10. The summed E-state index contributed by atoms with van der Waals surface area (Å²) in [5, 5.41) is 1.22. The number of likely N-dealkylation sites (tertiary alicyclic amines) is 1. The molecule has 1 aliphatic carbocycles. The molecule has 2 unspecified atom stereocenters. The van der Waals surface area contributed by atoms with Crippen LogP contribution in [-0.2, 0) is 0 Å². The highest BCUT2D eigenvalue weighted by Gasteiger charge is 2.47. The quantitative estimate of drug-likeness (QED) is 0.624. The van der Waals surface area contributed by atoms with Crippen LogP contribution in [0.4, 0.5) is 0 Å². The third-order valence-electron chi connectivity index (χ3n) is 8.44. The maximum atomic E-state index is 13.8. The molecule has 4 heterocycles. The fourth-order valence-electron chi connectivity index (χ4n) is 7.10. The smallest absolute Gasteiger partial charge is 0.254 e. The second-order valence-corrected chi connectivity index (χ2v) is 10.6. The van der Waals surface area contributed by atoms with Gasteiger partial charge in [-0.05, 0) is 87.9 Å². The molecule has 1 amide bonds. The van der Waals surface area contributed by atoms with Gasteiger partial charge in [-0.15, -0.1) is 0 Å². The van der Waals surface area contributed by atoms with Crippen LogP contribution in [0.3, 0.4) is 0 Å². The first-order valence-corrected chi connectivity index (χ1v) is 12.5. The Bertz CT molecular complexity index is 1030. The van der Waals surface area contributed by atoms with Crippen molar-refractivity contribution in [3.8, 4) is 0 Å². The maximum Gasteiger partial charge on any atom is 0.254 e. The van der Waals surface area contributed by atoms with E-state index in [9.17, 15) is 4.79 Å². The normalized spacial score (nSPS) is 30.8. The molecule has 0 radical (unpaired) electrons. The van der Waals surface area contributed by atoms with E-state index in [2.05, 4.69) is 58.7 Å². The molecule has 4 nitrogen and oxygen atoms in total. The van der Waals surface area contributed by atoms with E-state index in [1.807, 2.05) is 6.07 Å². The van der Waals surface area contributed by atoms with Gasteiger partial charge in [-0.25, -0.2) is 0 Å². The Morgan fingerprint density at radius 3 is 2.87 bits per heavy atom. The molecule has 164 valence electrons. The number of hydrogen-bond acceptors (Lipinski definition) is 2. The summed E-state index contributed by atoms with van der Waals surface area (Å²) in [6.45, 7) is 7.73. The summed E-state index contributed by atoms with van der Waals surface area (Å²) >= 11 is 0. The van der Waals surface area contributed by atoms with Gasteiger partial charge in [0.15, 0.2) is 0 Å². The van der Waals surface area contributed by atoms with Crippen molar-refractivity contribution >= 4 is 16.8 Å². The molecule has 4 heteroatoms. The van der Waals surface area contributed by atoms with Crippen LogP contribution in [-0.4, -0.2) is 52.0 Å². The van der Waals surface area contributed by atoms with Gasteiger partial charge in [-0.3, -0.25) is 9.69 Å². The van der Waals surface area contributed by atoms with Crippen LogP contribution in [0, 0.1) is 11.8 Å². The molecule has 1 aromatic carbocycles. The third-order valence-corrected chi connectivity index (χ3v) is 8.44. The topological polar surface area (TPSA) is 28.5 Å². The van der Waals surface area contributed by atoms with Gasteiger partial charge in [0, 0.05) is 42.5 Å². The number of piperidine rings is 3. The van der Waals surface area contributed by atoms with Gasteiger partial charge in [0.05, 0.1) is 6.04 Å².